The Morgan fingerprint density at radius 3 is 2.35 bits per heavy atom. The largest absolute Gasteiger partial charge is 0.481 e. The zero-order valence-corrected chi connectivity index (χ0v) is 16.5. The molecule has 0 N–H and O–H groups in total. The summed E-state index contributed by atoms with van der Waals surface area (Å²) in [5, 5.41) is 0. The number of carbonyl (C=O) groups is 1. The minimum Gasteiger partial charge on any atom is -0.481 e. The topological polar surface area (TPSA) is 67.8 Å². The van der Waals surface area contributed by atoms with Gasteiger partial charge in [-0.25, -0.2) is 0 Å². The second-order valence-corrected chi connectivity index (χ2v) is 8.60. The molecule has 26 heavy (non-hydrogen) atoms. The van der Waals surface area contributed by atoms with Gasteiger partial charge in [0.05, 0.1) is 25.7 Å². The van der Waals surface area contributed by atoms with Crippen LogP contribution in [0.5, 0.6) is 11.8 Å². The highest BCUT2D eigenvalue weighted by atomic mass is 16.5. The van der Waals surface area contributed by atoms with Crippen LogP contribution in [0.2, 0.25) is 0 Å². The van der Waals surface area contributed by atoms with E-state index in [1.807, 2.05) is 0 Å². The molecule has 7 nitrogen and oxygen atoms in total. The Labute approximate surface area is 155 Å². The first-order valence-corrected chi connectivity index (χ1v) is 9.28. The predicted molar refractivity (Wildman–Crippen MR) is 99.7 cm³/mol. The van der Waals surface area contributed by atoms with Gasteiger partial charge in [-0.15, -0.1) is 0 Å². The average Bonchev–Trinajstić information content (AvgIpc) is 3.02. The second kappa shape index (κ2) is 6.93. The van der Waals surface area contributed by atoms with Crippen molar-refractivity contribution < 1.29 is 14.3 Å². The number of aromatic nitrogens is 2. The van der Waals surface area contributed by atoms with Crippen LogP contribution in [0, 0.1) is 10.8 Å². The third-order valence-corrected chi connectivity index (χ3v) is 5.21. The summed E-state index contributed by atoms with van der Waals surface area (Å²) >= 11 is 0. The maximum absolute atomic E-state index is 13.3. The van der Waals surface area contributed by atoms with Gasteiger partial charge in [0, 0.05) is 26.2 Å². The minimum absolute atomic E-state index is 0.107. The SMILES string of the molecule is COc1cc(OC)nc(N2CC[C@@]3(CCCN(CC(C)(C)C)C3=O)C2)n1. The summed E-state index contributed by atoms with van der Waals surface area (Å²) in [7, 11) is 3.15. The van der Waals surface area contributed by atoms with Crippen molar-refractivity contribution in [1.29, 1.82) is 0 Å². The number of amides is 1. The molecule has 1 aromatic rings. The fourth-order valence-electron chi connectivity index (χ4n) is 4.04. The van der Waals surface area contributed by atoms with Crippen molar-refractivity contribution in [3.05, 3.63) is 6.07 Å². The molecule has 1 spiro atoms. The van der Waals surface area contributed by atoms with Crippen LogP contribution in [0.25, 0.3) is 0 Å². The first-order valence-electron chi connectivity index (χ1n) is 9.28. The highest BCUT2D eigenvalue weighted by Gasteiger charge is 2.49. The summed E-state index contributed by atoms with van der Waals surface area (Å²) in [6.45, 7) is 9.63. The molecule has 7 heteroatoms. The summed E-state index contributed by atoms with van der Waals surface area (Å²) in [6.07, 6.45) is 2.83. The van der Waals surface area contributed by atoms with Gasteiger partial charge in [0.1, 0.15) is 0 Å². The van der Waals surface area contributed by atoms with Gasteiger partial charge in [0.2, 0.25) is 23.6 Å². The van der Waals surface area contributed by atoms with E-state index in [4.69, 9.17) is 9.47 Å². The van der Waals surface area contributed by atoms with Crippen molar-refractivity contribution in [1.82, 2.24) is 14.9 Å². The summed E-state index contributed by atoms with van der Waals surface area (Å²) in [4.78, 5) is 26.3. The van der Waals surface area contributed by atoms with Crippen LogP contribution >= 0.6 is 0 Å². The fraction of sp³-hybridized carbons (Fsp3) is 0.737. The molecule has 3 heterocycles. The number of hydrogen-bond donors (Lipinski definition) is 0. The third kappa shape index (κ3) is 3.71. The number of piperidine rings is 1. The van der Waals surface area contributed by atoms with E-state index in [1.165, 1.54) is 0 Å². The zero-order valence-electron chi connectivity index (χ0n) is 16.5. The molecule has 3 rings (SSSR count). The lowest BCUT2D eigenvalue weighted by molar-refractivity contribution is -0.146. The van der Waals surface area contributed by atoms with Crippen molar-refractivity contribution in [2.75, 3.05) is 45.3 Å². The van der Waals surface area contributed by atoms with Crippen LogP contribution in [0.15, 0.2) is 6.07 Å². The van der Waals surface area contributed by atoms with Crippen LogP contribution in [0.3, 0.4) is 0 Å². The molecule has 2 aliphatic rings. The molecule has 1 aromatic heterocycles. The number of likely N-dealkylation sites (tertiary alicyclic amines) is 1. The normalized spacial score (nSPS) is 23.7. The molecule has 0 radical (unpaired) electrons. The van der Waals surface area contributed by atoms with E-state index in [0.29, 0.717) is 24.3 Å². The summed E-state index contributed by atoms with van der Waals surface area (Å²) in [5.74, 6) is 1.80. The lowest BCUT2D eigenvalue weighted by atomic mass is 9.77. The Morgan fingerprint density at radius 1 is 1.12 bits per heavy atom. The maximum atomic E-state index is 13.3. The van der Waals surface area contributed by atoms with Gasteiger partial charge in [-0.3, -0.25) is 4.79 Å². The van der Waals surface area contributed by atoms with Crippen LogP contribution in [-0.2, 0) is 4.79 Å². The predicted octanol–water partition coefficient (Wildman–Crippen LogP) is 2.36. The molecule has 2 saturated heterocycles. The van der Waals surface area contributed by atoms with E-state index >= 15 is 0 Å². The van der Waals surface area contributed by atoms with Crippen molar-refractivity contribution in [3.8, 4) is 11.8 Å². The molecule has 2 aliphatic heterocycles. The first-order chi connectivity index (χ1) is 12.3. The number of carbonyl (C=O) groups excluding carboxylic acids is 1. The molecule has 0 aliphatic carbocycles. The molecular weight excluding hydrogens is 332 g/mol. The zero-order chi connectivity index (χ0) is 18.9. The van der Waals surface area contributed by atoms with Crippen LogP contribution in [0.4, 0.5) is 5.95 Å². The number of ether oxygens (including phenoxy) is 2. The van der Waals surface area contributed by atoms with Crippen molar-refractivity contribution >= 4 is 11.9 Å². The molecule has 1 amide bonds. The van der Waals surface area contributed by atoms with Gasteiger partial charge in [-0.1, -0.05) is 20.8 Å². The van der Waals surface area contributed by atoms with E-state index in [-0.39, 0.29) is 16.7 Å². The smallest absolute Gasteiger partial charge is 0.232 e. The molecule has 0 bridgehead atoms. The van der Waals surface area contributed by atoms with E-state index in [1.54, 1.807) is 20.3 Å². The highest BCUT2D eigenvalue weighted by molar-refractivity contribution is 5.85. The Morgan fingerprint density at radius 2 is 1.77 bits per heavy atom. The summed E-state index contributed by atoms with van der Waals surface area (Å²) in [6, 6.07) is 1.66. The molecular formula is C19H30N4O3. The lowest BCUT2D eigenvalue weighted by Gasteiger charge is -2.41. The lowest BCUT2D eigenvalue weighted by Crippen LogP contribution is -2.52. The third-order valence-electron chi connectivity index (χ3n) is 5.21. The quantitative estimate of drug-likeness (QED) is 0.819. The number of nitrogens with zero attached hydrogens (tertiary/aromatic N) is 4. The first kappa shape index (κ1) is 18.7. The van der Waals surface area contributed by atoms with Gasteiger partial charge in [-0.05, 0) is 24.7 Å². The van der Waals surface area contributed by atoms with Gasteiger partial charge < -0.3 is 19.3 Å². The van der Waals surface area contributed by atoms with Crippen LogP contribution in [-0.4, -0.2) is 61.2 Å². The number of hydrogen-bond acceptors (Lipinski definition) is 6. The van der Waals surface area contributed by atoms with E-state index in [0.717, 1.165) is 38.9 Å². The van der Waals surface area contributed by atoms with E-state index < -0.39 is 0 Å². The maximum Gasteiger partial charge on any atom is 0.232 e. The molecule has 0 aromatic carbocycles. The van der Waals surface area contributed by atoms with Crippen molar-refractivity contribution in [2.45, 2.75) is 40.0 Å². The number of anilines is 1. The standard InChI is InChI=1S/C19H30N4O3/c1-18(2,3)12-22-9-6-7-19(16(22)24)8-10-23(13-19)17-20-14(25-4)11-15(21-17)26-5/h11H,6-10,12-13H2,1-5H3/t19-/m0/s1. The minimum atomic E-state index is -0.316. The summed E-state index contributed by atoms with van der Waals surface area (Å²) in [5.41, 5.74) is -0.209. The number of rotatable bonds is 4. The van der Waals surface area contributed by atoms with Crippen molar-refractivity contribution in [3.63, 3.8) is 0 Å². The number of methoxy groups -OCH3 is 2. The molecule has 144 valence electrons. The van der Waals surface area contributed by atoms with Crippen molar-refractivity contribution in [2.24, 2.45) is 10.8 Å². The molecule has 1 atom stereocenters. The Hall–Kier alpha value is -2.05. The van der Waals surface area contributed by atoms with Gasteiger partial charge >= 0.3 is 0 Å². The molecule has 2 fully saturated rings. The van der Waals surface area contributed by atoms with E-state index in [2.05, 4.69) is 40.5 Å². The Kier molecular flexibility index (Phi) is 4.99. The average molecular weight is 362 g/mol. The molecule has 0 saturated carbocycles. The monoisotopic (exact) mass is 362 g/mol. The van der Waals surface area contributed by atoms with Crippen LogP contribution < -0.4 is 14.4 Å². The van der Waals surface area contributed by atoms with Gasteiger partial charge in [0.15, 0.2) is 0 Å². The molecule has 0 unspecified atom stereocenters. The van der Waals surface area contributed by atoms with Crippen LogP contribution in [0.1, 0.15) is 40.0 Å². The highest BCUT2D eigenvalue weighted by Crippen LogP contribution is 2.42. The Balaban J connectivity index is 1.80. The van der Waals surface area contributed by atoms with Gasteiger partial charge in [-0.2, -0.15) is 9.97 Å². The fourth-order valence-corrected chi connectivity index (χ4v) is 4.04. The van der Waals surface area contributed by atoms with E-state index in [9.17, 15) is 4.79 Å². The second-order valence-electron chi connectivity index (χ2n) is 8.60. The Bertz CT molecular complexity index is 651. The summed E-state index contributed by atoms with van der Waals surface area (Å²) < 4.78 is 10.5. The van der Waals surface area contributed by atoms with Gasteiger partial charge in [0.25, 0.3) is 0 Å².